The van der Waals surface area contributed by atoms with Crippen molar-refractivity contribution in [2.75, 3.05) is 0 Å². The predicted molar refractivity (Wildman–Crippen MR) is 109 cm³/mol. The molecule has 0 aliphatic carbocycles. The van der Waals surface area contributed by atoms with Gasteiger partial charge in [-0.25, -0.2) is 5.43 Å². The molecule has 28 heavy (non-hydrogen) atoms. The van der Waals surface area contributed by atoms with E-state index in [0.717, 1.165) is 21.9 Å². The molecule has 0 atom stereocenters. The van der Waals surface area contributed by atoms with Gasteiger partial charge in [0, 0.05) is 23.5 Å². The first-order valence-electron chi connectivity index (χ1n) is 8.78. The highest BCUT2D eigenvalue weighted by Gasteiger charge is 2.13. The summed E-state index contributed by atoms with van der Waals surface area (Å²) < 4.78 is 0. The smallest absolute Gasteiger partial charge is 0.275 e. The van der Waals surface area contributed by atoms with Gasteiger partial charge in [-0.15, -0.1) is 0 Å². The van der Waals surface area contributed by atoms with Gasteiger partial charge in [-0.3, -0.25) is 9.78 Å². The number of nitrogens with one attached hydrogen (secondary N) is 1. The molecule has 0 bridgehead atoms. The maximum atomic E-state index is 12.7. The largest absolute Gasteiger partial charge is 0.507 e. The number of carbonyl (C=O) groups excluding carboxylic acids is 1. The Morgan fingerprint density at radius 3 is 2.25 bits per heavy atom. The summed E-state index contributed by atoms with van der Waals surface area (Å²) >= 11 is 0. The first-order chi connectivity index (χ1) is 13.7. The summed E-state index contributed by atoms with van der Waals surface area (Å²) in [7, 11) is 0. The Bertz CT molecular complexity index is 1110. The van der Waals surface area contributed by atoms with E-state index >= 15 is 0 Å². The highest BCUT2D eigenvalue weighted by Crippen LogP contribution is 2.25. The molecular formula is C23H17N3O2. The molecule has 0 spiro atoms. The Morgan fingerprint density at radius 2 is 1.54 bits per heavy atom. The number of hydrogen-bond donors (Lipinski definition) is 2. The Morgan fingerprint density at radius 1 is 0.857 bits per heavy atom. The first kappa shape index (κ1) is 17.4. The van der Waals surface area contributed by atoms with Crippen LogP contribution in [0.1, 0.15) is 21.5 Å². The van der Waals surface area contributed by atoms with Crippen molar-refractivity contribution in [2.45, 2.75) is 0 Å². The predicted octanol–water partition coefficient (Wildman–Crippen LogP) is 4.12. The number of rotatable bonds is 4. The van der Waals surface area contributed by atoms with Gasteiger partial charge in [-0.1, -0.05) is 54.6 Å². The number of benzene rings is 3. The van der Waals surface area contributed by atoms with Crippen molar-refractivity contribution in [3.8, 4) is 5.75 Å². The van der Waals surface area contributed by atoms with Crippen LogP contribution in [-0.2, 0) is 0 Å². The van der Waals surface area contributed by atoms with Crippen molar-refractivity contribution < 1.29 is 9.90 Å². The maximum absolute atomic E-state index is 12.7. The van der Waals surface area contributed by atoms with E-state index in [-0.39, 0.29) is 11.3 Å². The third kappa shape index (κ3) is 3.59. The van der Waals surface area contributed by atoms with Gasteiger partial charge in [-0.05, 0) is 35.0 Å². The number of phenols is 1. The van der Waals surface area contributed by atoms with E-state index in [2.05, 4.69) is 15.5 Å². The lowest BCUT2D eigenvalue weighted by Gasteiger charge is -2.09. The van der Waals surface area contributed by atoms with E-state index in [9.17, 15) is 9.90 Å². The van der Waals surface area contributed by atoms with Gasteiger partial charge in [0.1, 0.15) is 5.75 Å². The first-order valence-corrected chi connectivity index (χ1v) is 8.78. The van der Waals surface area contributed by atoms with E-state index in [1.807, 2.05) is 66.7 Å². The van der Waals surface area contributed by atoms with Crippen molar-refractivity contribution in [3.05, 3.63) is 108 Å². The number of amides is 1. The normalized spacial score (nSPS) is 11.4. The number of nitrogens with zero attached hydrogens (tertiary/aromatic N) is 2. The molecule has 3 aromatic carbocycles. The molecule has 0 radical (unpaired) electrons. The minimum atomic E-state index is -0.486. The number of pyridine rings is 1. The number of hydrazone groups is 1. The van der Waals surface area contributed by atoms with Crippen LogP contribution in [-0.4, -0.2) is 21.7 Å². The fourth-order valence-electron chi connectivity index (χ4n) is 2.97. The second-order valence-corrected chi connectivity index (χ2v) is 6.23. The van der Waals surface area contributed by atoms with Crippen LogP contribution >= 0.6 is 0 Å². The zero-order chi connectivity index (χ0) is 19.3. The number of fused-ring (bicyclic) bond motifs is 1. The molecule has 0 aliphatic rings. The van der Waals surface area contributed by atoms with Crippen LogP contribution in [0.4, 0.5) is 0 Å². The molecule has 1 aromatic heterocycles. The number of phenolic OH excluding ortho intramolecular Hbond substituents is 1. The highest BCUT2D eigenvalue weighted by molar-refractivity contribution is 6.13. The zero-order valence-electron chi connectivity index (χ0n) is 14.9. The summed E-state index contributed by atoms with van der Waals surface area (Å²) in [6.07, 6.45) is 3.36. The summed E-state index contributed by atoms with van der Waals surface area (Å²) in [5.74, 6) is -0.574. The van der Waals surface area contributed by atoms with Gasteiger partial charge < -0.3 is 5.11 Å². The summed E-state index contributed by atoms with van der Waals surface area (Å²) in [4.78, 5) is 16.8. The lowest BCUT2D eigenvalue weighted by molar-refractivity contribution is 0.0952. The number of hydrogen-bond acceptors (Lipinski definition) is 4. The average Bonchev–Trinajstić information content (AvgIpc) is 2.75. The van der Waals surface area contributed by atoms with Crippen LogP contribution in [0.25, 0.3) is 10.8 Å². The van der Waals surface area contributed by atoms with Gasteiger partial charge >= 0.3 is 0 Å². The molecular weight excluding hydrogens is 350 g/mol. The Hall–Kier alpha value is -3.99. The van der Waals surface area contributed by atoms with Gasteiger partial charge in [-0.2, -0.15) is 5.10 Å². The molecule has 5 heteroatoms. The van der Waals surface area contributed by atoms with Crippen LogP contribution in [0.2, 0.25) is 0 Å². The molecule has 0 unspecified atom stereocenters. The zero-order valence-corrected chi connectivity index (χ0v) is 14.9. The molecule has 0 aliphatic heterocycles. The number of carbonyl (C=O) groups is 1. The lowest BCUT2D eigenvalue weighted by Crippen LogP contribution is -2.21. The SMILES string of the molecule is O=C(N/N=C(\c1ccccc1)c1cccnc1)c1cc2ccccc2cc1O. The summed E-state index contributed by atoms with van der Waals surface area (Å²) in [6, 6.07) is 24.0. The van der Waals surface area contributed by atoms with Gasteiger partial charge in [0.05, 0.1) is 11.3 Å². The lowest BCUT2D eigenvalue weighted by atomic mass is 10.0. The van der Waals surface area contributed by atoms with Gasteiger partial charge in [0.25, 0.3) is 5.91 Å². The molecule has 0 saturated heterocycles. The third-order valence-electron chi connectivity index (χ3n) is 4.36. The minimum Gasteiger partial charge on any atom is -0.507 e. The summed E-state index contributed by atoms with van der Waals surface area (Å²) in [5, 5.41) is 16.3. The van der Waals surface area contributed by atoms with Gasteiger partial charge in [0.15, 0.2) is 0 Å². The fourth-order valence-corrected chi connectivity index (χ4v) is 2.97. The van der Waals surface area contributed by atoms with E-state index in [1.54, 1.807) is 24.5 Å². The number of aromatic hydroxyl groups is 1. The Kier molecular flexibility index (Phi) is 4.80. The Labute approximate surface area is 162 Å². The van der Waals surface area contributed by atoms with Crippen molar-refractivity contribution in [2.24, 2.45) is 5.10 Å². The molecule has 2 N–H and O–H groups in total. The highest BCUT2D eigenvalue weighted by atomic mass is 16.3. The second-order valence-electron chi connectivity index (χ2n) is 6.23. The van der Waals surface area contributed by atoms with Crippen molar-refractivity contribution in [1.82, 2.24) is 10.4 Å². The van der Waals surface area contributed by atoms with Gasteiger partial charge in [0.2, 0.25) is 0 Å². The molecule has 4 aromatic rings. The van der Waals surface area contributed by atoms with Crippen LogP contribution in [0.15, 0.2) is 96.4 Å². The molecule has 5 nitrogen and oxygen atoms in total. The van der Waals surface area contributed by atoms with E-state index in [4.69, 9.17) is 0 Å². The fraction of sp³-hybridized carbons (Fsp3) is 0. The molecule has 4 rings (SSSR count). The van der Waals surface area contributed by atoms with Crippen molar-refractivity contribution in [3.63, 3.8) is 0 Å². The van der Waals surface area contributed by atoms with Crippen LogP contribution < -0.4 is 5.43 Å². The van der Waals surface area contributed by atoms with Crippen molar-refractivity contribution in [1.29, 1.82) is 0 Å². The summed E-state index contributed by atoms with van der Waals surface area (Å²) in [6.45, 7) is 0. The van der Waals surface area contributed by atoms with E-state index < -0.39 is 5.91 Å². The molecule has 1 amide bonds. The van der Waals surface area contributed by atoms with E-state index in [1.165, 1.54) is 0 Å². The minimum absolute atomic E-state index is 0.0889. The second kappa shape index (κ2) is 7.72. The van der Waals surface area contributed by atoms with Crippen molar-refractivity contribution >= 4 is 22.4 Å². The van der Waals surface area contributed by atoms with Crippen LogP contribution in [0, 0.1) is 0 Å². The standard InChI is InChI=1S/C23H17N3O2/c27-21-14-18-10-5-4-9-17(18)13-20(21)23(28)26-25-22(16-7-2-1-3-8-16)19-11-6-12-24-15-19/h1-15,27H,(H,26,28)/b25-22+. The quantitative estimate of drug-likeness (QED) is 0.421. The van der Waals surface area contributed by atoms with Crippen LogP contribution in [0.5, 0.6) is 5.75 Å². The molecule has 136 valence electrons. The average molecular weight is 367 g/mol. The molecule has 0 fully saturated rings. The molecule has 0 saturated carbocycles. The molecule has 1 heterocycles. The number of aromatic nitrogens is 1. The van der Waals surface area contributed by atoms with Crippen LogP contribution in [0.3, 0.4) is 0 Å². The topological polar surface area (TPSA) is 74.6 Å². The Balaban J connectivity index is 1.69. The summed E-state index contributed by atoms with van der Waals surface area (Å²) in [5.41, 5.74) is 4.94. The maximum Gasteiger partial charge on any atom is 0.275 e. The van der Waals surface area contributed by atoms with E-state index in [0.29, 0.717) is 5.71 Å². The monoisotopic (exact) mass is 367 g/mol. The third-order valence-corrected chi connectivity index (χ3v) is 4.36.